The van der Waals surface area contributed by atoms with Crippen LogP contribution in [-0.2, 0) is 4.52 Å². The van der Waals surface area contributed by atoms with E-state index < -0.39 is 14.7 Å². The van der Waals surface area contributed by atoms with Crippen molar-refractivity contribution >= 4 is 8.60 Å². The third-order valence-electron chi connectivity index (χ3n) is 0.431. The Bertz CT molecular complexity index is 47.2. The van der Waals surface area contributed by atoms with Crippen molar-refractivity contribution in [2.75, 3.05) is 6.61 Å². The molecule has 50 valence electrons. The maximum atomic E-state index is 8.46. The molecule has 0 saturated heterocycles. The molecule has 0 aromatic carbocycles. The van der Waals surface area contributed by atoms with E-state index in [1.165, 1.54) is 6.92 Å². The fourth-order valence-electron chi connectivity index (χ4n) is 0.175. The molecule has 0 amide bonds. The van der Waals surface area contributed by atoms with Crippen molar-refractivity contribution in [3.05, 3.63) is 0 Å². The Kier molecular flexibility index (Phi) is 4.32. The van der Waals surface area contributed by atoms with Gasteiger partial charge in [-0.05, 0) is 6.92 Å². The van der Waals surface area contributed by atoms with E-state index in [1.54, 1.807) is 0 Å². The summed E-state index contributed by atoms with van der Waals surface area (Å²) in [6.07, 6.45) is -0.640. The predicted octanol–water partition coefficient (Wildman–Crippen LogP) is -0.405. The van der Waals surface area contributed by atoms with Crippen LogP contribution in [-0.4, -0.2) is 27.6 Å². The molecule has 0 bridgehead atoms. The maximum absolute atomic E-state index is 8.46. The van der Waals surface area contributed by atoms with Gasteiger partial charge in [-0.25, -0.2) is 0 Å². The summed E-state index contributed by atoms with van der Waals surface area (Å²) in [7, 11) is -2.29. The predicted molar refractivity (Wildman–Crippen MR) is 29.0 cm³/mol. The standard InChI is InChI=1S/C3H9O4P/c1-3(4)2-7-8(5)6/h3-6H,2H2,1H3. The van der Waals surface area contributed by atoms with Gasteiger partial charge in [-0.2, -0.15) is 0 Å². The lowest BCUT2D eigenvalue weighted by Gasteiger charge is -2.04. The summed E-state index contributed by atoms with van der Waals surface area (Å²) in [4.78, 5) is 16.2. The molecule has 0 aromatic rings. The van der Waals surface area contributed by atoms with E-state index in [2.05, 4.69) is 4.52 Å². The third-order valence-corrected chi connectivity index (χ3v) is 0.811. The van der Waals surface area contributed by atoms with E-state index in [9.17, 15) is 0 Å². The molecule has 4 nitrogen and oxygen atoms in total. The Morgan fingerprint density at radius 1 is 1.62 bits per heavy atom. The first kappa shape index (κ1) is 8.27. The van der Waals surface area contributed by atoms with Gasteiger partial charge in [0.15, 0.2) is 0 Å². The molecule has 5 heteroatoms. The van der Waals surface area contributed by atoms with Crippen LogP contribution >= 0.6 is 8.60 Å². The van der Waals surface area contributed by atoms with E-state index in [-0.39, 0.29) is 6.61 Å². The van der Waals surface area contributed by atoms with Gasteiger partial charge in [-0.15, -0.1) is 0 Å². The van der Waals surface area contributed by atoms with Gasteiger partial charge in [-0.3, -0.25) is 0 Å². The zero-order valence-electron chi connectivity index (χ0n) is 4.48. The number of hydrogen-bond donors (Lipinski definition) is 3. The monoisotopic (exact) mass is 140 g/mol. The van der Waals surface area contributed by atoms with Crippen molar-refractivity contribution in [1.82, 2.24) is 0 Å². The molecule has 1 unspecified atom stereocenters. The van der Waals surface area contributed by atoms with E-state index >= 15 is 0 Å². The van der Waals surface area contributed by atoms with Gasteiger partial charge in [0.25, 0.3) is 0 Å². The average molecular weight is 140 g/mol. The van der Waals surface area contributed by atoms with Gasteiger partial charge in [0.1, 0.15) is 0 Å². The lowest BCUT2D eigenvalue weighted by atomic mass is 10.5. The average Bonchev–Trinajstić information content (AvgIpc) is 1.61. The summed E-state index contributed by atoms with van der Waals surface area (Å²) in [6, 6.07) is 0. The van der Waals surface area contributed by atoms with Crippen molar-refractivity contribution in [2.24, 2.45) is 0 Å². The SMILES string of the molecule is CC(O)COP(O)O. The quantitative estimate of drug-likeness (QED) is 0.466. The molecule has 0 aliphatic rings. The van der Waals surface area contributed by atoms with Gasteiger partial charge < -0.3 is 19.4 Å². The minimum atomic E-state index is -2.29. The minimum Gasteiger partial charge on any atom is -0.391 e. The van der Waals surface area contributed by atoms with Crippen LogP contribution in [0.15, 0.2) is 0 Å². The molecule has 8 heavy (non-hydrogen) atoms. The summed E-state index contributed by atoms with van der Waals surface area (Å²) in [5.74, 6) is 0. The minimum absolute atomic E-state index is 0.0291. The van der Waals surface area contributed by atoms with E-state index in [1.807, 2.05) is 0 Å². The molecular formula is C3H9O4P. The number of rotatable bonds is 3. The lowest BCUT2D eigenvalue weighted by molar-refractivity contribution is 0.113. The second-order valence-corrected chi connectivity index (χ2v) is 2.16. The van der Waals surface area contributed by atoms with Crippen molar-refractivity contribution in [3.63, 3.8) is 0 Å². The molecule has 0 heterocycles. The smallest absolute Gasteiger partial charge is 0.327 e. The highest BCUT2D eigenvalue weighted by molar-refractivity contribution is 7.39. The highest BCUT2D eigenvalue weighted by Gasteiger charge is 2.00. The van der Waals surface area contributed by atoms with Crippen LogP contribution in [0.4, 0.5) is 0 Å². The summed E-state index contributed by atoms with van der Waals surface area (Å²) < 4.78 is 4.23. The van der Waals surface area contributed by atoms with Gasteiger partial charge in [0, 0.05) is 0 Å². The van der Waals surface area contributed by atoms with Crippen LogP contribution in [0.5, 0.6) is 0 Å². The molecule has 0 radical (unpaired) electrons. The molecule has 0 aliphatic carbocycles. The molecule has 0 aliphatic heterocycles. The zero-order valence-corrected chi connectivity index (χ0v) is 5.38. The Morgan fingerprint density at radius 3 is 2.25 bits per heavy atom. The third kappa shape index (κ3) is 6.27. The van der Waals surface area contributed by atoms with Crippen LogP contribution in [0.3, 0.4) is 0 Å². The van der Waals surface area contributed by atoms with Gasteiger partial charge in [-0.1, -0.05) is 0 Å². The Hall–Kier alpha value is 0.270. The highest BCUT2D eigenvalue weighted by atomic mass is 31.2. The molecule has 0 spiro atoms. The summed E-state index contributed by atoms with van der Waals surface area (Å²) >= 11 is 0. The molecule has 3 N–H and O–H groups in total. The van der Waals surface area contributed by atoms with E-state index in [0.717, 1.165) is 0 Å². The van der Waals surface area contributed by atoms with Crippen LogP contribution in [0, 0.1) is 0 Å². The molecule has 0 saturated carbocycles. The van der Waals surface area contributed by atoms with Crippen LogP contribution in [0.1, 0.15) is 6.92 Å². The number of aliphatic hydroxyl groups is 1. The topological polar surface area (TPSA) is 69.9 Å². The first-order chi connectivity index (χ1) is 3.63. The summed E-state index contributed by atoms with van der Waals surface area (Å²) in [5.41, 5.74) is 0. The molecule has 1 atom stereocenters. The second-order valence-electron chi connectivity index (χ2n) is 1.40. The Balaban J connectivity index is 2.93. The fourth-order valence-corrected chi connectivity index (χ4v) is 0.524. The lowest BCUT2D eigenvalue weighted by Crippen LogP contribution is -2.07. The highest BCUT2D eigenvalue weighted by Crippen LogP contribution is 2.23. The number of hydrogen-bond acceptors (Lipinski definition) is 4. The van der Waals surface area contributed by atoms with Crippen LogP contribution in [0.2, 0.25) is 0 Å². The summed E-state index contributed by atoms with van der Waals surface area (Å²) in [6.45, 7) is 1.47. The molecule has 0 fully saturated rings. The fraction of sp³-hybridized carbons (Fsp3) is 1.00. The van der Waals surface area contributed by atoms with Gasteiger partial charge in [0.05, 0.1) is 12.7 Å². The first-order valence-electron chi connectivity index (χ1n) is 2.12. The van der Waals surface area contributed by atoms with E-state index in [4.69, 9.17) is 14.9 Å². The number of aliphatic hydroxyl groups excluding tert-OH is 1. The largest absolute Gasteiger partial charge is 0.391 e. The molecule has 0 aromatic heterocycles. The maximum Gasteiger partial charge on any atom is 0.327 e. The van der Waals surface area contributed by atoms with Crippen molar-refractivity contribution < 1.29 is 19.4 Å². The Morgan fingerprint density at radius 2 is 2.12 bits per heavy atom. The van der Waals surface area contributed by atoms with Crippen LogP contribution < -0.4 is 0 Å². The van der Waals surface area contributed by atoms with Crippen molar-refractivity contribution in [3.8, 4) is 0 Å². The van der Waals surface area contributed by atoms with E-state index in [0.29, 0.717) is 0 Å². The molecule has 0 rings (SSSR count). The normalized spacial score (nSPS) is 14.6. The van der Waals surface area contributed by atoms with Crippen molar-refractivity contribution in [1.29, 1.82) is 0 Å². The Labute approximate surface area is 48.7 Å². The zero-order chi connectivity index (χ0) is 6.57. The van der Waals surface area contributed by atoms with Crippen molar-refractivity contribution in [2.45, 2.75) is 13.0 Å². The van der Waals surface area contributed by atoms with Crippen LogP contribution in [0.25, 0.3) is 0 Å². The van der Waals surface area contributed by atoms with Gasteiger partial charge >= 0.3 is 8.60 Å². The summed E-state index contributed by atoms with van der Waals surface area (Å²) in [5, 5.41) is 8.46. The van der Waals surface area contributed by atoms with Gasteiger partial charge in [0.2, 0.25) is 0 Å². The molecular weight excluding hydrogens is 131 g/mol. The first-order valence-corrected chi connectivity index (χ1v) is 3.28. The second kappa shape index (κ2) is 4.18.